The summed E-state index contributed by atoms with van der Waals surface area (Å²) in [4.78, 5) is 24.3. The summed E-state index contributed by atoms with van der Waals surface area (Å²) >= 11 is 6.03. The van der Waals surface area contributed by atoms with Gasteiger partial charge in [-0.05, 0) is 19.4 Å². The van der Waals surface area contributed by atoms with Gasteiger partial charge in [-0.1, -0.05) is 30.7 Å². The number of aromatic hydroxyl groups is 2. The Bertz CT molecular complexity index is 664. The number of hydrogen-bond acceptors (Lipinski definition) is 5. The molecular weight excluding hydrogens is 332 g/mol. The molecule has 0 spiro atoms. The summed E-state index contributed by atoms with van der Waals surface area (Å²) in [5.74, 6) is -2.02. The molecule has 1 rings (SSSR count). The topological polar surface area (TPSA) is 83.8 Å². The minimum absolute atomic E-state index is 0.0377. The maximum absolute atomic E-state index is 12.3. The molecule has 1 aromatic rings. The molecule has 0 saturated heterocycles. The molecule has 0 saturated carbocycles. The molecule has 0 fully saturated rings. The fourth-order valence-electron chi connectivity index (χ4n) is 2.08. The van der Waals surface area contributed by atoms with Crippen molar-refractivity contribution in [3.05, 3.63) is 47.0 Å². The van der Waals surface area contributed by atoms with Crippen LogP contribution in [0.25, 0.3) is 0 Å². The van der Waals surface area contributed by atoms with Crippen LogP contribution in [0.1, 0.15) is 42.6 Å². The first kappa shape index (κ1) is 19.8. The van der Waals surface area contributed by atoms with Gasteiger partial charge in [0, 0.05) is 24.5 Å². The zero-order chi connectivity index (χ0) is 18.3. The molecule has 0 aliphatic rings. The lowest BCUT2D eigenvalue weighted by Crippen LogP contribution is -2.17. The Morgan fingerprint density at radius 1 is 1.38 bits per heavy atom. The number of carbonyl (C=O) groups is 2. The third-order valence-electron chi connectivity index (χ3n) is 3.22. The monoisotopic (exact) mass is 352 g/mol. The first-order chi connectivity index (χ1) is 11.3. The van der Waals surface area contributed by atoms with Gasteiger partial charge in [0.15, 0.2) is 5.78 Å². The van der Waals surface area contributed by atoms with E-state index < -0.39 is 23.6 Å². The summed E-state index contributed by atoms with van der Waals surface area (Å²) in [6.45, 7) is 7.11. The molecular formula is C18H21ClO5. The number of benzene rings is 1. The van der Waals surface area contributed by atoms with Crippen molar-refractivity contribution in [2.75, 3.05) is 0 Å². The molecule has 0 aliphatic carbocycles. The zero-order valence-corrected chi connectivity index (χ0v) is 14.5. The van der Waals surface area contributed by atoms with Crippen molar-refractivity contribution < 1.29 is 24.5 Å². The summed E-state index contributed by atoms with van der Waals surface area (Å²) < 4.78 is 5.22. The highest BCUT2D eigenvalue weighted by molar-refractivity contribution is 6.33. The second-order valence-electron chi connectivity index (χ2n) is 5.28. The number of hydrogen-bond donors (Lipinski definition) is 2. The minimum atomic E-state index is -0.814. The lowest BCUT2D eigenvalue weighted by atomic mass is 10.00. The van der Waals surface area contributed by atoms with E-state index in [0.29, 0.717) is 12.8 Å². The predicted molar refractivity (Wildman–Crippen MR) is 92.6 cm³/mol. The Hall–Kier alpha value is -2.27. The first-order valence-electron chi connectivity index (χ1n) is 7.56. The maximum Gasteiger partial charge on any atom is 0.342 e. The van der Waals surface area contributed by atoms with Crippen LogP contribution in [0, 0.1) is 0 Å². The van der Waals surface area contributed by atoms with Crippen LogP contribution >= 0.6 is 11.6 Å². The van der Waals surface area contributed by atoms with E-state index in [2.05, 4.69) is 6.58 Å². The number of phenolic OH excluding ortho intramolecular Hbond substituents is 2. The number of ketones is 1. The number of ether oxygens (including phenoxy) is 1. The number of allylic oxidation sites excluding steroid dienone is 2. The van der Waals surface area contributed by atoms with E-state index in [1.165, 1.54) is 6.08 Å². The maximum atomic E-state index is 12.3. The molecule has 0 heterocycles. The second kappa shape index (κ2) is 9.13. The van der Waals surface area contributed by atoms with Crippen LogP contribution in [0.5, 0.6) is 11.5 Å². The highest BCUT2D eigenvalue weighted by Crippen LogP contribution is 2.37. The van der Waals surface area contributed by atoms with Crippen LogP contribution in [0.15, 0.2) is 30.9 Å². The van der Waals surface area contributed by atoms with Gasteiger partial charge in [-0.2, -0.15) is 0 Å². The molecule has 24 heavy (non-hydrogen) atoms. The summed E-state index contributed by atoms with van der Waals surface area (Å²) in [6.07, 6.45) is 5.06. The van der Waals surface area contributed by atoms with E-state index in [4.69, 9.17) is 16.3 Å². The minimum Gasteiger partial charge on any atom is -0.507 e. The molecule has 1 atom stereocenters. The van der Waals surface area contributed by atoms with E-state index in [1.54, 1.807) is 19.1 Å². The van der Waals surface area contributed by atoms with Gasteiger partial charge in [-0.3, -0.25) is 4.79 Å². The highest BCUT2D eigenvalue weighted by Gasteiger charge is 2.25. The van der Waals surface area contributed by atoms with E-state index in [0.717, 1.165) is 6.07 Å². The fourth-order valence-corrected chi connectivity index (χ4v) is 2.30. The van der Waals surface area contributed by atoms with Crippen LogP contribution < -0.4 is 0 Å². The van der Waals surface area contributed by atoms with Crippen LogP contribution in [-0.2, 0) is 16.0 Å². The molecule has 0 radical (unpaired) electrons. The summed E-state index contributed by atoms with van der Waals surface area (Å²) in [5, 5.41) is 19.6. The van der Waals surface area contributed by atoms with Crippen molar-refractivity contribution in [3.63, 3.8) is 0 Å². The van der Waals surface area contributed by atoms with E-state index in [-0.39, 0.29) is 28.4 Å². The predicted octanol–water partition coefficient (Wildman–Crippen LogP) is 3.95. The van der Waals surface area contributed by atoms with Gasteiger partial charge in [0.05, 0.1) is 5.02 Å². The molecule has 0 unspecified atom stereocenters. The van der Waals surface area contributed by atoms with Gasteiger partial charge < -0.3 is 14.9 Å². The highest BCUT2D eigenvalue weighted by atomic mass is 35.5. The summed E-state index contributed by atoms with van der Waals surface area (Å²) in [5.41, 5.74) is -0.178. The van der Waals surface area contributed by atoms with Crippen LogP contribution in [0.2, 0.25) is 5.02 Å². The van der Waals surface area contributed by atoms with Gasteiger partial charge in [0.2, 0.25) is 0 Å². The van der Waals surface area contributed by atoms with Crippen LogP contribution in [0.4, 0.5) is 0 Å². The second-order valence-corrected chi connectivity index (χ2v) is 5.65. The Morgan fingerprint density at radius 2 is 2.04 bits per heavy atom. The van der Waals surface area contributed by atoms with Crippen molar-refractivity contribution in [1.82, 2.24) is 0 Å². The van der Waals surface area contributed by atoms with Gasteiger partial charge in [-0.15, -0.1) is 6.58 Å². The number of esters is 1. The normalized spacial score (nSPS) is 12.1. The summed E-state index contributed by atoms with van der Waals surface area (Å²) in [7, 11) is 0. The molecule has 0 aliphatic heterocycles. The third kappa shape index (κ3) is 5.13. The molecule has 130 valence electrons. The number of halogens is 1. The van der Waals surface area contributed by atoms with Crippen molar-refractivity contribution in [1.29, 1.82) is 0 Å². The number of rotatable bonds is 8. The van der Waals surface area contributed by atoms with E-state index in [1.807, 2.05) is 6.92 Å². The Labute approximate surface area is 146 Å². The third-order valence-corrected chi connectivity index (χ3v) is 3.64. The fraction of sp³-hybridized carbons (Fsp3) is 0.333. The lowest BCUT2D eigenvalue weighted by Gasteiger charge is -2.16. The Morgan fingerprint density at radius 3 is 2.62 bits per heavy atom. The van der Waals surface area contributed by atoms with Gasteiger partial charge >= 0.3 is 5.97 Å². The Balaban J connectivity index is 3.25. The molecule has 0 aromatic heterocycles. The smallest absolute Gasteiger partial charge is 0.342 e. The largest absolute Gasteiger partial charge is 0.507 e. The van der Waals surface area contributed by atoms with Crippen molar-refractivity contribution >= 4 is 23.4 Å². The lowest BCUT2D eigenvalue weighted by molar-refractivity contribution is -0.114. The van der Waals surface area contributed by atoms with E-state index in [9.17, 15) is 19.8 Å². The number of phenols is 2. The average Bonchev–Trinajstić information content (AvgIpc) is 2.50. The molecule has 5 nitrogen and oxygen atoms in total. The summed E-state index contributed by atoms with van der Waals surface area (Å²) in [6, 6.07) is 0.951. The SMILES string of the molecule is C=CC[C@H](C)OC(=O)c1c(O)cc(O)c(Cl)c1CC(=O)/C=C/CC. The van der Waals surface area contributed by atoms with Gasteiger partial charge in [-0.25, -0.2) is 4.79 Å². The van der Waals surface area contributed by atoms with Gasteiger partial charge in [0.1, 0.15) is 23.2 Å². The van der Waals surface area contributed by atoms with Crippen molar-refractivity contribution in [3.8, 4) is 11.5 Å². The molecule has 0 amide bonds. The molecule has 6 heteroatoms. The average molecular weight is 353 g/mol. The standard InChI is InChI=1S/C18H21ClO5/c1-4-6-8-12(20)9-13-16(14(21)10-15(22)17(13)19)18(23)24-11(3)7-5-2/h5-6,8,10-11,21-22H,2,4,7,9H2,1,3H3/b8-6+/t11-/m0/s1. The zero-order valence-electron chi connectivity index (χ0n) is 13.7. The Kier molecular flexibility index (Phi) is 7.52. The number of carbonyl (C=O) groups excluding carboxylic acids is 2. The van der Waals surface area contributed by atoms with Crippen molar-refractivity contribution in [2.45, 2.75) is 39.2 Å². The van der Waals surface area contributed by atoms with Gasteiger partial charge in [0.25, 0.3) is 0 Å². The van der Waals surface area contributed by atoms with E-state index >= 15 is 0 Å². The van der Waals surface area contributed by atoms with Crippen molar-refractivity contribution in [2.24, 2.45) is 0 Å². The molecule has 0 bridgehead atoms. The van der Waals surface area contributed by atoms with Crippen LogP contribution in [0.3, 0.4) is 0 Å². The molecule has 2 N–H and O–H groups in total. The van der Waals surface area contributed by atoms with Crippen LogP contribution in [-0.4, -0.2) is 28.1 Å². The quantitative estimate of drug-likeness (QED) is 0.420. The first-order valence-corrected chi connectivity index (χ1v) is 7.94. The molecule has 1 aromatic carbocycles.